The second-order valence-corrected chi connectivity index (χ2v) is 4.08. The van der Waals surface area contributed by atoms with Crippen molar-refractivity contribution >= 4 is 12.1 Å². The number of halogens is 1. The first kappa shape index (κ1) is 14.5. The Bertz CT molecular complexity index is 686. The molecule has 21 heavy (non-hydrogen) atoms. The van der Waals surface area contributed by atoms with Gasteiger partial charge in [0.25, 0.3) is 5.91 Å². The Kier molecular flexibility index (Phi) is 4.50. The molecule has 2 N–H and O–H groups in total. The second kappa shape index (κ2) is 6.51. The third kappa shape index (κ3) is 3.36. The minimum atomic E-state index is -0.674. The topological polar surface area (TPSA) is 70.9 Å². The van der Waals surface area contributed by atoms with Crippen molar-refractivity contribution < 1.29 is 19.0 Å². The quantitative estimate of drug-likeness (QED) is 0.670. The first-order valence-electron chi connectivity index (χ1n) is 6.07. The number of carbonyl (C=O) groups is 1. The first-order chi connectivity index (χ1) is 10.1. The maximum atomic E-state index is 13.4. The molecule has 6 heteroatoms. The van der Waals surface area contributed by atoms with Gasteiger partial charge in [0, 0.05) is 5.56 Å². The van der Waals surface area contributed by atoms with Gasteiger partial charge in [0.1, 0.15) is 5.82 Å². The highest BCUT2D eigenvalue weighted by Crippen LogP contribution is 2.27. The van der Waals surface area contributed by atoms with Crippen molar-refractivity contribution in [3.63, 3.8) is 0 Å². The lowest BCUT2D eigenvalue weighted by atomic mass is 10.2. The van der Waals surface area contributed by atoms with E-state index in [0.29, 0.717) is 11.3 Å². The number of phenolic OH excluding ortho intramolecular Hbond substituents is 1. The van der Waals surface area contributed by atoms with Crippen molar-refractivity contribution in [1.82, 2.24) is 5.43 Å². The molecule has 0 saturated heterocycles. The zero-order chi connectivity index (χ0) is 15.2. The SMILES string of the molecule is COc1cccc(C=NNC(=O)c2ccccc2F)c1O. The van der Waals surface area contributed by atoms with Crippen molar-refractivity contribution in [2.45, 2.75) is 0 Å². The van der Waals surface area contributed by atoms with Crippen molar-refractivity contribution in [1.29, 1.82) is 0 Å². The van der Waals surface area contributed by atoms with Gasteiger partial charge < -0.3 is 9.84 Å². The largest absolute Gasteiger partial charge is 0.504 e. The Morgan fingerprint density at radius 1 is 1.29 bits per heavy atom. The van der Waals surface area contributed by atoms with E-state index in [-0.39, 0.29) is 11.3 Å². The summed E-state index contributed by atoms with van der Waals surface area (Å²) in [6, 6.07) is 10.4. The van der Waals surface area contributed by atoms with Gasteiger partial charge in [-0.2, -0.15) is 5.10 Å². The molecule has 0 radical (unpaired) electrons. The molecular weight excluding hydrogens is 275 g/mol. The Labute approximate surface area is 120 Å². The molecule has 0 saturated carbocycles. The molecule has 5 nitrogen and oxygen atoms in total. The number of benzene rings is 2. The number of nitrogens with zero attached hydrogens (tertiary/aromatic N) is 1. The van der Waals surface area contributed by atoms with E-state index in [4.69, 9.17) is 4.74 Å². The molecule has 0 spiro atoms. The van der Waals surface area contributed by atoms with Crippen LogP contribution in [0.1, 0.15) is 15.9 Å². The molecule has 2 aromatic rings. The van der Waals surface area contributed by atoms with Crippen molar-refractivity contribution in [3.05, 3.63) is 59.4 Å². The average Bonchev–Trinajstić information content (AvgIpc) is 2.49. The highest BCUT2D eigenvalue weighted by atomic mass is 19.1. The predicted octanol–water partition coefficient (Wildman–Crippen LogP) is 2.30. The predicted molar refractivity (Wildman–Crippen MR) is 76.1 cm³/mol. The molecule has 0 aromatic heterocycles. The molecule has 1 amide bonds. The summed E-state index contributed by atoms with van der Waals surface area (Å²) in [5.41, 5.74) is 2.45. The summed E-state index contributed by atoms with van der Waals surface area (Å²) in [6.07, 6.45) is 1.25. The highest BCUT2D eigenvalue weighted by molar-refractivity contribution is 5.95. The van der Waals surface area contributed by atoms with Crippen molar-refractivity contribution in [2.24, 2.45) is 5.10 Å². The number of nitrogens with one attached hydrogen (secondary N) is 1. The van der Waals surface area contributed by atoms with Gasteiger partial charge in [0.2, 0.25) is 0 Å². The zero-order valence-electron chi connectivity index (χ0n) is 11.2. The Hall–Kier alpha value is -2.89. The zero-order valence-corrected chi connectivity index (χ0v) is 11.2. The Morgan fingerprint density at radius 2 is 2.05 bits per heavy atom. The van der Waals surface area contributed by atoms with Gasteiger partial charge >= 0.3 is 0 Å². The van der Waals surface area contributed by atoms with Crippen LogP contribution in [0.25, 0.3) is 0 Å². The molecule has 0 fully saturated rings. The standard InChI is InChI=1S/C15H13FN2O3/c1-21-13-8-4-5-10(14(13)19)9-17-18-15(20)11-6-2-3-7-12(11)16/h2-9,19H,1H3,(H,18,20). The molecule has 0 unspecified atom stereocenters. The van der Waals surface area contributed by atoms with Gasteiger partial charge in [0.15, 0.2) is 11.5 Å². The van der Waals surface area contributed by atoms with E-state index < -0.39 is 11.7 Å². The van der Waals surface area contributed by atoms with E-state index in [1.807, 2.05) is 0 Å². The summed E-state index contributed by atoms with van der Waals surface area (Å²) < 4.78 is 18.3. The number of phenols is 1. The van der Waals surface area contributed by atoms with E-state index in [2.05, 4.69) is 10.5 Å². The van der Waals surface area contributed by atoms with E-state index in [1.165, 1.54) is 31.5 Å². The van der Waals surface area contributed by atoms with Gasteiger partial charge in [-0.15, -0.1) is 0 Å². The smallest absolute Gasteiger partial charge is 0.274 e. The molecule has 108 valence electrons. The van der Waals surface area contributed by atoms with E-state index in [0.717, 1.165) is 0 Å². The molecule has 2 rings (SSSR count). The van der Waals surface area contributed by atoms with E-state index in [9.17, 15) is 14.3 Å². The summed E-state index contributed by atoms with van der Waals surface area (Å²) in [7, 11) is 1.43. The van der Waals surface area contributed by atoms with Crippen molar-refractivity contribution in [3.8, 4) is 11.5 Å². The summed E-state index contributed by atoms with van der Waals surface area (Å²) >= 11 is 0. The fourth-order valence-electron chi connectivity index (χ4n) is 1.67. The van der Waals surface area contributed by atoms with Crippen LogP contribution in [0.2, 0.25) is 0 Å². The summed E-state index contributed by atoms with van der Waals surface area (Å²) in [6.45, 7) is 0. The number of rotatable bonds is 4. The third-order valence-electron chi connectivity index (χ3n) is 2.74. The fourth-order valence-corrected chi connectivity index (χ4v) is 1.67. The number of hydrogen-bond donors (Lipinski definition) is 2. The molecule has 0 aliphatic heterocycles. The van der Waals surface area contributed by atoms with Crippen LogP contribution in [0.15, 0.2) is 47.6 Å². The monoisotopic (exact) mass is 288 g/mol. The van der Waals surface area contributed by atoms with Crippen LogP contribution in [0.3, 0.4) is 0 Å². The number of aromatic hydroxyl groups is 1. The summed E-state index contributed by atoms with van der Waals surface area (Å²) in [5.74, 6) is -1.11. The lowest BCUT2D eigenvalue weighted by Crippen LogP contribution is -2.18. The van der Waals surface area contributed by atoms with Crippen LogP contribution in [-0.2, 0) is 0 Å². The Morgan fingerprint density at radius 3 is 2.76 bits per heavy atom. The van der Waals surface area contributed by atoms with Gasteiger partial charge in [-0.25, -0.2) is 9.82 Å². The third-order valence-corrected chi connectivity index (χ3v) is 2.74. The summed E-state index contributed by atoms with van der Waals surface area (Å²) in [4.78, 5) is 11.7. The number of hydrazone groups is 1. The normalized spacial score (nSPS) is 10.6. The van der Waals surface area contributed by atoms with Crippen LogP contribution in [-0.4, -0.2) is 24.3 Å². The highest BCUT2D eigenvalue weighted by Gasteiger charge is 2.09. The maximum absolute atomic E-state index is 13.4. The van der Waals surface area contributed by atoms with Crippen molar-refractivity contribution in [2.75, 3.05) is 7.11 Å². The summed E-state index contributed by atoms with van der Waals surface area (Å²) in [5, 5.41) is 13.5. The van der Waals surface area contributed by atoms with E-state index in [1.54, 1.807) is 24.3 Å². The molecule has 0 aliphatic carbocycles. The maximum Gasteiger partial charge on any atom is 0.274 e. The van der Waals surface area contributed by atoms with Crippen LogP contribution in [0.5, 0.6) is 11.5 Å². The molecule has 0 aliphatic rings. The van der Waals surface area contributed by atoms with Crippen LogP contribution >= 0.6 is 0 Å². The van der Waals surface area contributed by atoms with Crippen LogP contribution < -0.4 is 10.2 Å². The molecule has 0 atom stereocenters. The van der Waals surface area contributed by atoms with E-state index >= 15 is 0 Å². The number of methoxy groups -OCH3 is 1. The lowest BCUT2D eigenvalue weighted by molar-refractivity contribution is 0.0951. The Balaban J connectivity index is 2.10. The van der Waals surface area contributed by atoms with Crippen LogP contribution in [0.4, 0.5) is 4.39 Å². The van der Waals surface area contributed by atoms with Crippen LogP contribution in [0, 0.1) is 5.82 Å². The van der Waals surface area contributed by atoms with Gasteiger partial charge in [-0.05, 0) is 24.3 Å². The number of carbonyl (C=O) groups excluding carboxylic acids is 1. The fraction of sp³-hybridized carbons (Fsp3) is 0.0667. The second-order valence-electron chi connectivity index (χ2n) is 4.08. The average molecular weight is 288 g/mol. The first-order valence-corrected chi connectivity index (χ1v) is 6.07. The van der Waals surface area contributed by atoms with Gasteiger partial charge in [-0.1, -0.05) is 18.2 Å². The minimum Gasteiger partial charge on any atom is -0.504 e. The minimum absolute atomic E-state index is 0.0936. The number of hydrogen-bond acceptors (Lipinski definition) is 4. The lowest BCUT2D eigenvalue weighted by Gasteiger charge is -2.05. The molecule has 0 bridgehead atoms. The number of para-hydroxylation sites is 1. The molecule has 2 aromatic carbocycles. The number of ether oxygens (including phenoxy) is 1. The van der Waals surface area contributed by atoms with Gasteiger partial charge in [0.05, 0.1) is 18.9 Å². The van der Waals surface area contributed by atoms with Gasteiger partial charge in [-0.3, -0.25) is 4.79 Å². The molecule has 0 heterocycles. The number of amides is 1. The molecular formula is C15H13FN2O3.